The van der Waals surface area contributed by atoms with Crippen molar-refractivity contribution in [3.63, 3.8) is 0 Å². The Morgan fingerprint density at radius 3 is 2.59 bits per heavy atom. The number of furan rings is 1. The van der Waals surface area contributed by atoms with E-state index in [1.807, 2.05) is 13.0 Å². The number of rotatable bonds is 6. The lowest BCUT2D eigenvalue weighted by Crippen LogP contribution is -2.43. The molecule has 1 aliphatic rings. The van der Waals surface area contributed by atoms with E-state index in [0.717, 1.165) is 58.9 Å². The Morgan fingerprint density at radius 1 is 1.03 bits per heavy atom. The summed E-state index contributed by atoms with van der Waals surface area (Å²) in [6.07, 6.45) is 5.34. The summed E-state index contributed by atoms with van der Waals surface area (Å²) in [5, 5.41) is 24.6. The van der Waals surface area contributed by atoms with E-state index in [-0.39, 0.29) is 24.2 Å². The molecule has 4 N–H and O–H groups in total. The molecule has 9 heteroatoms. The van der Waals surface area contributed by atoms with E-state index in [1.54, 1.807) is 25.3 Å². The summed E-state index contributed by atoms with van der Waals surface area (Å²) in [5.41, 5.74) is 4.69. The molecule has 6 rings (SSSR count). The lowest BCUT2D eigenvalue weighted by molar-refractivity contribution is -0.141. The number of aromatic hydroxyl groups is 1. The van der Waals surface area contributed by atoms with Gasteiger partial charge in [-0.15, -0.1) is 0 Å². The molecule has 1 aliphatic carbocycles. The van der Waals surface area contributed by atoms with Crippen molar-refractivity contribution in [1.82, 2.24) is 10.3 Å². The maximum Gasteiger partial charge on any atom is 0.340 e. The van der Waals surface area contributed by atoms with Gasteiger partial charge in [-0.2, -0.15) is 0 Å². The Labute approximate surface area is 222 Å². The molecule has 3 aromatic heterocycles. The fourth-order valence-corrected chi connectivity index (χ4v) is 5.78. The Bertz CT molecular complexity index is 1860. The quantitative estimate of drug-likeness (QED) is 0.236. The first kappa shape index (κ1) is 24.8. The molecule has 0 radical (unpaired) electrons. The van der Waals surface area contributed by atoms with Gasteiger partial charge in [0.05, 0.1) is 12.0 Å². The molecule has 1 amide bonds. The minimum absolute atomic E-state index is 0.00138. The topological polar surface area (TPSA) is 146 Å². The van der Waals surface area contributed by atoms with E-state index < -0.39 is 23.5 Å². The highest BCUT2D eigenvalue weighted by molar-refractivity contribution is 6.00. The fraction of sp³-hybridized carbons (Fsp3) is 0.300. The molecule has 5 aromatic rings. The van der Waals surface area contributed by atoms with Crippen LogP contribution in [-0.2, 0) is 35.3 Å². The largest absolute Gasteiger partial charge is 0.508 e. The van der Waals surface area contributed by atoms with Crippen molar-refractivity contribution in [2.24, 2.45) is 0 Å². The minimum Gasteiger partial charge on any atom is -0.508 e. The standard InChI is InChI=1S/C30H28N2O7/c1-14-19-11-22-18-5-3-4-6-25(18)38-28(22)15(2)27(19)39-30(37)20(14)12-26(34)32-24(29(35)36)9-16-13-31-23-8-7-17(33)10-21(16)23/h7-8,10-11,13,24,31,33H,3-6,9,12H2,1-2H3,(H,32,34)(H,35,36)/t24-/m0/s1. The Balaban J connectivity index is 1.30. The van der Waals surface area contributed by atoms with Crippen molar-refractivity contribution in [3.05, 3.63) is 74.5 Å². The van der Waals surface area contributed by atoms with Gasteiger partial charge in [-0.3, -0.25) is 4.79 Å². The summed E-state index contributed by atoms with van der Waals surface area (Å²) in [4.78, 5) is 41.1. The van der Waals surface area contributed by atoms with Crippen LogP contribution >= 0.6 is 0 Å². The molecule has 0 bridgehead atoms. The average Bonchev–Trinajstić information content (AvgIpc) is 3.48. The summed E-state index contributed by atoms with van der Waals surface area (Å²) < 4.78 is 11.9. The number of hydrogen-bond acceptors (Lipinski definition) is 6. The fourth-order valence-electron chi connectivity index (χ4n) is 5.78. The second-order valence-electron chi connectivity index (χ2n) is 10.3. The van der Waals surface area contributed by atoms with Crippen LogP contribution in [0.3, 0.4) is 0 Å². The molecular formula is C30H28N2O7. The van der Waals surface area contributed by atoms with E-state index in [9.17, 15) is 24.6 Å². The zero-order chi connectivity index (χ0) is 27.4. The van der Waals surface area contributed by atoms with Gasteiger partial charge in [-0.1, -0.05) is 0 Å². The van der Waals surface area contributed by atoms with Gasteiger partial charge in [0.25, 0.3) is 0 Å². The second-order valence-corrected chi connectivity index (χ2v) is 10.3. The third-order valence-electron chi connectivity index (χ3n) is 7.87. The van der Waals surface area contributed by atoms with E-state index in [2.05, 4.69) is 10.3 Å². The number of carbonyl (C=O) groups excluding carboxylic acids is 1. The lowest BCUT2D eigenvalue weighted by Gasteiger charge is -2.15. The number of H-pyrrole nitrogens is 1. The van der Waals surface area contributed by atoms with Gasteiger partial charge in [-0.05, 0) is 68.5 Å². The monoisotopic (exact) mass is 528 g/mol. The number of aromatic nitrogens is 1. The first-order valence-electron chi connectivity index (χ1n) is 13.0. The zero-order valence-corrected chi connectivity index (χ0v) is 21.6. The predicted molar refractivity (Wildman–Crippen MR) is 145 cm³/mol. The average molecular weight is 529 g/mol. The molecule has 1 atom stereocenters. The molecule has 0 spiro atoms. The summed E-state index contributed by atoms with van der Waals surface area (Å²) in [7, 11) is 0. The normalized spacial score (nSPS) is 14.1. The number of nitrogens with one attached hydrogen (secondary N) is 2. The summed E-state index contributed by atoms with van der Waals surface area (Å²) >= 11 is 0. The predicted octanol–water partition coefficient (Wildman–Crippen LogP) is 4.58. The van der Waals surface area contributed by atoms with Gasteiger partial charge < -0.3 is 29.3 Å². The van der Waals surface area contributed by atoms with Crippen LogP contribution in [0.15, 0.2) is 44.1 Å². The third-order valence-corrected chi connectivity index (χ3v) is 7.87. The number of aromatic amines is 1. The smallest absolute Gasteiger partial charge is 0.340 e. The van der Waals surface area contributed by atoms with Crippen molar-refractivity contribution >= 4 is 44.7 Å². The highest BCUT2D eigenvalue weighted by Gasteiger charge is 2.26. The minimum atomic E-state index is -1.23. The molecule has 9 nitrogen and oxygen atoms in total. The van der Waals surface area contributed by atoms with Crippen LogP contribution in [0.5, 0.6) is 5.75 Å². The van der Waals surface area contributed by atoms with Crippen molar-refractivity contribution in [2.45, 2.75) is 58.4 Å². The van der Waals surface area contributed by atoms with E-state index in [0.29, 0.717) is 22.1 Å². The molecule has 0 fully saturated rings. The summed E-state index contributed by atoms with van der Waals surface area (Å²) in [5.74, 6) is -0.762. The van der Waals surface area contributed by atoms with Crippen LogP contribution in [0.4, 0.5) is 0 Å². The molecule has 0 unspecified atom stereocenters. The number of aryl methyl sites for hydroxylation is 4. The molecule has 0 saturated carbocycles. The van der Waals surface area contributed by atoms with Gasteiger partial charge in [0.2, 0.25) is 5.91 Å². The van der Waals surface area contributed by atoms with E-state index in [1.165, 1.54) is 11.6 Å². The van der Waals surface area contributed by atoms with Gasteiger partial charge in [-0.25, -0.2) is 9.59 Å². The van der Waals surface area contributed by atoms with Gasteiger partial charge in [0, 0.05) is 51.8 Å². The maximum atomic E-state index is 13.0. The number of carboxylic acids is 1. The van der Waals surface area contributed by atoms with Crippen LogP contribution in [0.25, 0.3) is 32.8 Å². The van der Waals surface area contributed by atoms with Crippen LogP contribution in [0.1, 0.15) is 46.4 Å². The maximum absolute atomic E-state index is 13.0. The Hall–Kier alpha value is -4.53. The SMILES string of the molecule is Cc1c(CC(=O)N[C@@H](Cc2c[nH]c3ccc(O)cc23)C(=O)O)c(=O)oc2c(C)c3oc4c(c3cc12)CCCC4. The molecule has 0 aliphatic heterocycles. The number of phenolic OH excluding ortho intramolecular Hbond substituents is 1. The van der Waals surface area contributed by atoms with E-state index in [4.69, 9.17) is 8.83 Å². The third kappa shape index (κ3) is 4.24. The second kappa shape index (κ2) is 9.34. The van der Waals surface area contributed by atoms with Crippen molar-refractivity contribution < 1.29 is 28.6 Å². The van der Waals surface area contributed by atoms with Crippen molar-refractivity contribution in [1.29, 1.82) is 0 Å². The lowest BCUT2D eigenvalue weighted by atomic mass is 9.93. The number of fused-ring (bicyclic) bond motifs is 5. The molecule has 39 heavy (non-hydrogen) atoms. The first-order chi connectivity index (χ1) is 18.7. The number of benzene rings is 2. The van der Waals surface area contributed by atoms with Crippen LogP contribution in [0.2, 0.25) is 0 Å². The zero-order valence-electron chi connectivity index (χ0n) is 21.6. The van der Waals surface area contributed by atoms with Crippen LogP contribution in [0, 0.1) is 13.8 Å². The van der Waals surface area contributed by atoms with Gasteiger partial charge in [0.1, 0.15) is 28.7 Å². The molecule has 200 valence electrons. The number of carbonyl (C=O) groups is 2. The first-order valence-corrected chi connectivity index (χ1v) is 13.0. The van der Waals surface area contributed by atoms with Crippen LogP contribution in [-0.4, -0.2) is 33.1 Å². The number of hydrogen-bond donors (Lipinski definition) is 4. The number of carboxylic acid groups (broad SMARTS) is 1. The number of amides is 1. The number of phenols is 1. The van der Waals surface area contributed by atoms with Crippen LogP contribution < -0.4 is 10.9 Å². The molecule has 3 heterocycles. The highest BCUT2D eigenvalue weighted by atomic mass is 16.4. The van der Waals surface area contributed by atoms with Crippen molar-refractivity contribution in [2.75, 3.05) is 0 Å². The molecule has 2 aromatic carbocycles. The number of aliphatic carboxylic acids is 1. The van der Waals surface area contributed by atoms with Gasteiger partial charge in [0.15, 0.2) is 0 Å². The molecular weight excluding hydrogens is 500 g/mol. The Morgan fingerprint density at radius 2 is 1.79 bits per heavy atom. The molecule has 0 saturated heterocycles. The highest BCUT2D eigenvalue weighted by Crippen LogP contribution is 2.38. The Kier molecular flexibility index (Phi) is 5.94. The van der Waals surface area contributed by atoms with E-state index >= 15 is 0 Å². The van der Waals surface area contributed by atoms with Gasteiger partial charge >= 0.3 is 11.6 Å². The summed E-state index contributed by atoms with van der Waals surface area (Å²) in [6, 6.07) is 5.52. The summed E-state index contributed by atoms with van der Waals surface area (Å²) in [6.45, 7) is 3.66. The van der Waals surface area contributed by atoms with Crippen molar-refractivity contribution in [3.8, 4) is 5.75 Å².